The van der Waals surface area contributed by atoms with Crippen molar-refractivity contribution in [1.82, 2.24) is 15.5 Å². The monoisotopic (exact) mass is 395 g/mol. The zero-order valence-electron chi connectivity index (χ0n) is 16.8. The van der Waals surface area contributed by atoms with Gasteiger partial charge in [0.1, 0.15) is 17.8 Å². The number of methoxy groups -OCH3 is 1. The minimum Gasteiger partial charge on any atom is -0.496 e. The van der Waals surface area contributed by atoms with Crippen LogP contribution < -0.4 is 15.4 Å². The summed E-state index contributed by atoms with van der Waals surface area (Å²) in [6.45, 7) is 3.64. The summed E-state index contributed by atoms with van der Waals surface area (Å²) in [6.07, 6.45) is 0.267. The average Bonchev–Trinajstić information content (AvgIpc) is 2.90. The van der Waals surface area contributed by atoms with Crippen LogP contribution >= 0.6 is 0 Å². The quantitative estimate of drug-likeness (QED) is 0.704. The van der Waals surface area contributed by atoms with Gasteiger partial charge in [-0.25, -0.2) is 4.79 Å². The molecule has 7 nitrogen and oxygen atoms in total. The minimum atomic E-state index is -1.14. The second-order valence-corrected chi connectivity index (χ2v) is 7.35. The number of nitrogens with zero attached hydrogens (tertiary/aromatic N) is 1. The summed E-state index contributed by atoms with van der Waals surface area (Å²) >= 11 is 0. The second-order valence-electron chi connectivity index (χ2n) is 7.35. The molecule has 1 aliphatic rings. The summed E-state index contributed by atoms with van der Waals surface area (Å²) in [7, 11) is 1.56. The molecule has 2 aromatic rings. The molecule has 29 heavy (non-hydrogen) atoms. The maximum absolute atomic E-state index is 12.9. The predicted molar refractivity (Wildman–Crippen MR) is 108 cm³/mol. The van der Waals surface area contributed by atoms with Crippen molar-refractivity contribution in [3.8, 4) is 5.75 Å². The van der Waals surface area contributed by atoms with Crippen molar-refractivity contribution in [3.05, 3.63) is 65.2 Å². The van der Waals surface area contributed by atoms with Crippen LogP contribution in [0.2, 0.25) is 0 Å². The van der Waals surface area contributed by atoms with Gasteiger partial charge in [-0.3, -0.25) is 14.5 Å². The fourth-order valence-electron chi connectivity index (χ4n) is 3.44. The Labute approximate surface area is 170 Å². The molecule has 0 unspecified atom stereocenters. The first-order valence-corrected chi connectivity index (χ1v) is 9.41. The van der Waals surface area contributed by atoms with Crippen molar-refractivity contribution < 1.29 is 19.1 Å². The smallest absolute Gasteiger partial charge is 0.325 e. The fraction of sp³-hybridized carbons (Fsp3) is 0.318. The van der Waals surface area contributed by atoms with Gasteiger partial charge in [0.15, 0.2) is 0 Å². The number of carbonyl (C=O) groups excluding carboxylic acids is 3. The van der Waals surface area contributed by atoms with Crippen molar-refractivity contribution in [2.45, 2.75) is 32.4 Å². The molecule has 1 aliphatic heterocycles. The number of hydrogen-bond donors (Lipinski definition) is 2. The molecule has 0 saturated carbocycles. The maximum atomic E-state index is 12.9. The lowest BCUT2D eigenvalue weighted by molar-refractivity contribution is -0.134. The molecule has 1 fully saturated rings. The molecule has 1 saturated heterocycles. The topological polar surface area (TPSA) is 87.7 Å². The Kier molecular flexibility index (Phi) is 5.87. The number of urea groups is 1. The molecule has 1 heterocycles. The predicted octanol–water partition coefficient (Wildman–Crippen LogP) is 2.17. The van der Waals surface area contributed by atoms with E-state index < -0.39 is 23.4 Å². The number of para-hydroxylation sites is 1. The van der Waals surface area contributed by atoms with E-state index in [1.54, 1.807) is 20.1 Å². The van der Waals surface area contributed by atoms with Gasteiger partial charge in [-0.05, 0) is 36.6 Å². The Bertz CT molecular complexity index is 943. The molecule has 4 amide bonds. The van der Waals surface area contributed by atoms with Crippen molar-refractivity contribution in [2.24, 2.45) is 0 Å². The Morgan fingerprint density at radius 3 is 2.45 bits per heavy atom. The molecule has 0 aliphatic carbocycles. The summed E-state index contributed by atoms with van der Waals surface area (Å²) < 4.78 is 5.34. The van der Waals surface area contributed by atoms with Crippen LogP contribution in [0, 0.1) is 6.92 Å². The van der Waals surface area contributed by atoms with E-state index in [-0.39, 0.29) is 13.0 Å². The van der Waals surface area contributed by atoms with Crippen molar-refractivity contribution in [1.29, 1.82) is 0 Å². The highest BCUT2D eigenvalue weighted by molar-refractivity contribution is 6.09. The molecule has 1 atom stereocenters. The second kappa shape index (κ2) is 8.34. The van der Waals surface area contributed by atoms with E-state index in [0.717, 1.165) is 21.6 Å². The third kappa shape index (κ3) is 4.39. The lowest BCUT2D eigenvalue weighted by Crippen LogP contribution is -2.46. The van der Waals surface area contributed by atoms with E-state index in [0.29, 0.717) is 12.3 Å². The number of imide groups is 1. The third-order valence-corrected chi connectivity index (χ3v) is 5.12. The van der Waals surface area contributed by atoms with Crippen molar-refractivity contribution in [2.75, 3.05) is 13.7 Å². The largest absolute Gasteiger partial charge is 0.496 e. The van der Waals surface area contributed by atoms with Gasteiger partial charge in [0, 0.05) is 13.0 Å². The van der Waals surface area contributed by atoms with Crippen molar-refractivity contribution in [3.63, 3.8) is 0 Å². The SMILES string of the molecule is COc1ccccc1C[C@]1(C)NC(=O)N(CC(=O)NCc2ccccc2C)C1=O. The highest BCUT2D eigenvalue weighted by atomic mass is 16.5. The Balaban J connectivity index is 1.65. The first-order valence-electron chi connectivity index (χ1n) is 9.41. The van der Waals surface area contributed by atoms with E-state index >= 15 is 0 Å². The van der Waals surface area contributed by atoms with Gasteiger partial charge in [-0.2, -0.15) is 0 Å². The lowest BCUT2D eigenvalue weighted by atomic mass is 9.92. The molecule has 3 rings (SSSR count). The van der Waals surface area contributed by atoms with E-state index in [2.05, 4.69) is 10.6 Å². The van der Waals surface area contributed by atoms with Crippen LogP contribution in [-0.2, 0) is 22.6 Å². The van der Waals surface area contributed by atoms with Gasteiger partial charge in [-0.15, -0.1) is 0 Å². The zero-order chi connectivity index (χ0) is 21.0. The average molecular weight is 395 g/mol. The van der Waals surface area contributed by atoms with Gasteiger partial charge < -0.3 is 15.4 Å². The summed E-state index contributed by atoms with van der Waals surface area (Å²) in [6, 6.07) is 14.5. The number of rotatable bonds is 7. The maximum Gasteiger partial charge on any atom is 0.325 e. The van der Waals surface area contributed by atoms with Crippen LogP contribution in [-0.4, -0.2) is 41.9 Å². The van der Waals surface area contributed by atoms with Crippen molar-refractivity contribution >= 4 is 17.8 Å². The molecule has 2 N–H and O–H groups in total. The highest BCUT2D eigenvalue weighted by Gasteiger charge is 2.48. The number of ether oxygens (including phenoxy) is 1. The highest BCUT2D eigenvalue weighted by Crippen LogP contribution is 2.27. The number of carbonyl (C=O) groups is 3. The molecule has 7 heteroatoms. The molecule has 0 spiro atoms. The van der Waals surface area contributed by atoms with Crippen LogP contribution in [0.5, 0.6) is 5.75 Å². The molecule has 0 aromatic heterocycles. The van der Waals surface area contributed by atoms with Gasteiger partial charge in [-0.1, -0.05) is 42.5 Å². The Hall–Kier alpha value is -3.35. The van der Waals surface area contributed by atoms with Crippen LogP contribution in [0.1, 0.15) is 23.6 Å². The standard InChI is InChI=1S/C22H25N3O4/c1-15-8-4-5-10-17(15)13-23-19(26)14-25-20(27)22(2,24-21(25)28)12-16-9-6-7-11-18(16)29-3/h4-11H,12-14H2,1-3H3,(H,23,26)(H,24,28)/t22-/m0/s1. The van der Waals surface area contributed by atoms with E-state index in [9.17, 15) is 14.4 Å². The van der Waals surface area contributed by atoms with Crippen LogP contribution in [0.3, 0.4) is 0 Å². The number of benzene rings is 2. The van der Waals surface area contributed by atoms with Crippen LogP contribution in [0.15, 0.2) is 48.5 Å². The summed E-state index contributed by atoms with van der Waals surface area (Å²) in [4.78, 5) is 38.6. The molecule has 152 valence electrons. The summed E-state index contributed by atoms with van der Waals surface area (Å²) in [5.74, 6) is -0.178. The summed E-state index contributed by atoms with van der Waals surface area (Å²) in [5.41, 5.74) is 1.71. The summed E-state index contributed by atoms with van der Waals surface area (Å²) in [5, 5.41) is 5.49. The van der Waals surface area contributed by atoms with E-state index in [4.69, 9.17) is 4.74 Å². The first kappa shape index (κ1) is 20.4. The van der Waals surface area contributed by atoms with Gasteiger partial charge >= 0.3 is 6.03 Å². The Morgan fingerprint density at radius 2 is 1.76 bits per heavy atom. The molecule has 0 bridgehead atoms. The van der Waals surface area contributed by atoms with Gasteiger partial charge in [0.25, 0.3) is 5.91 Å². The first-order chi connectivity index (χ1) is 13.8. The zero-order valence-corrected chi connectivity index (χ0v) is 16.8. The third-order valence-electron chi connectivity index (χ3n) is 5.12. The number of amides is 4. The minimum absolute atomic E-state index is 0.267. The van der Waals surface area contributed by atoms with Gasteiger partial charge in [0.2, 0.25) is 5.91 Å². The number of aryl methyl sites for hydroxylation is 1. The van der Waals surface area contributed by atoms with Crippen LogP contribution in [0.25, 0.3) is 0 Å². The Morgan fingerprint density at radius 1 is 1.10 bits per heavy atom. The number of nitrogens with one attached hydrogen (secondary N) is 2. The molecular weight excluding hydrogens is 370 g/mol. The molecule has 2 aromatic carbocycles. The normalized spacial score (nSPS) is 18.5. The van der Waals surface area contributed by atoms with E-state index in [1.807, 2.05) is 49.4 Å². The van der Waals surface area contributed by atoms with Crippen LogP contribution in [0.4, 0.5) is 4.79 Å². The molecular formula is C22H25N3O4. The lowest BCUT2D eigenvalue weighted by Gasteiger charge is -2.22. The van der Waals surface area contributed by atoms with E-state index in [1.165, 1.54) is 0 Å². The fourth-order valence-corrected chi connectivity index (χ4v) is 3.44. The number of hydrogen-bond acceptors (Lipinski definition) is 4. The van der Waals surface area contributed by atoms with Gasteiger partial charge in [0.05, 0.1) is 7.11 Å². The molecule has 0 radical (unpaired) electrons.